The van der Waals surface area contributed by atoms with Crippen molar-refractivity contribution >= 4 is 19.8 Å². The smallest absolute Gasteiger partial charge is 0.306 e. The van der Waals surface area contributed by atoms with E-state index in [1.165, 1.54) is 0 Å². The van der Waals surface area contributed by atoms with Crippen LogP contribution < -0.4 is 4.89 Å². The molecule has 0 fully saturated rings. The second-order valence-corrected chi connectivity index (χ2v) is 23.1. The first kappa shape index (κ1) is 78.8. The summed E-state index contributed by atoms with van der Waals surface area (Å²) in [6.07, 6.45) is 97.7. The van der Waals surface area contributed by atoms with Crippen LogP contribution in [0.4, 0.5) is 0 Å². The van der Waals surface area contributed by atoms with Crippen molar-refractivity contribution in [2.24, 2.45) is 0 Å². The fourth-order valence-electron chi connectivity index (χ4n) is 7.74. The Balaban J connectivity index is 4.29. The first-order valence-corrected chi connectivity index (χ1v) is 33.6. The Morgan fingerprint density at radius 3 is 0.952 bits per heavy atom. The van der Waals surface area contributed by atoms with Crippen LogP contribution in [0.25, 0.3) is 0 Å². The fraction of sp³-hybridized carbons (Fsp3) is 0.541. The molecule has 0 aliphatic carbocycles. The molecule has 0 rings (SSSR count). The topological polar surface area (TPSA) is 111 Å². The number of allylic oxidation sites excluding steroid dienone is 32. The van der Waals surface area contributed by atoms with Crippen LogP contribution in [0, 0.1) is 0 Å². The number of phosphoric acid groups is 1. The third kappa shape index (κ3) is 66.0. The Morgan fingerprint density at radius 1 is 0.369 bits per heavy atom. The van der Waals surface area contributed by atoms with Gasteiger partial charge >= 0.3 is 11.9 Å². The molecule has 0 amide bonds. The van der Waals surface area contributed by atoms with Crippen LogP contribution in [0.2, 0.25) is 0 Å². The zero-order valence-corrected chi connectivity index (χ0v) is 54.1. The predicted octanol–water partition coefficient (Wildman–Crippen LogP) is 20.3. The molecule has 0 N–H and O–H groups in total. The van der Waals surface area contributed by atoms with Crippen molar-refractivity contribution < 1.29 is 42.1 Å². The van der Waals surface area contributed by atoms with Crippen molar-refractivity contribution in [2.45, 2.75) is 213 Å². The van der Waals surface area contributed by atoms with E-state index in [2.05, 4.69) is 208 Å². The van der Waals surface area contributed by atoms with E-state index in [1.54, 1.807) is 0 Å². The van der Waals surface area contributed by atoms with Crippen LogP contribution in [0.3, 0.4) is 0 Å². The second-order valence-electron chi connectivity index (χ2n) is 21.7. The van der Waals surface area contributed by atoms with Gasteiger partial charge in [0.2, 0.25) is 0 Å². The minimum absolute atomic E-state index is 0.0507. The molecule has 470 valence electrons. The van der Waals surface area contributed by atoms with Gasteiger partial charge in [-0.2, -0.15) is 0 Å². The van der Waals surface area contributed by atoms with Gasteiger partial charge in [-0.25, -0.2) is 0 Å². The molecule has 2 atom stereocenters. The summed E-state index contributed by atoms with van der Waals surface area (Å²) < 4.78 is 34.2. The number of ether oxygens (including phenoxy) is 2. The number of rotatable bonds is 56. The predicted molar refractivity (Wildman–Crippen MR) is 359 cm³/mol. The van der Waals surface area contributed by atoms with Gasteiger partial charge in [0.1, 0.15) is 19.8 Å². The van der Waals surface area contributed by atoms with Crippen molar-refractivity contribution in [1.29, 1.82) is 0 Å². The van der Waals surface area contributed by atoms with Crippen molar-refractivity contribution in [1.82, 2.24) is 0 Å². The van der Waals surface area contributed by atoms with E-state index < -0.39 is 32.5 Å². The fourth-order valence-corrected chi connectivity index (χ4v) is 8.47. The zero-order chi connectivity index (χ0) is 61.2. The van der Waals surface area contributed by atoms with E-state index in [1.807, 2.05) is 21.1 Å². The molecule has 0 saturated heterocycles. The van der Waals surface area contributed by atoms with E-state index in [4.69, 9.17) is 18.5 Å². The summed E-state index contributed by atoms with van der Waals surface area (Å²) in [5, 5.41) is 0. The zero-order valence-electron chi connectivity index (χ0n) is 53.3. The first-order valence-electron chi connectivity index (χ1n) is 32.1. The Bertz CT molecular complexity index is 2120. The number of hydrogen-bond acceptors (Lipinski definition) is 8. The summed E-state index contributed by atoms with van der Waals surface area (Å²) >= 11 is 0. The maximum Gasteiger partial charge on any atom is 0.306 e. The van der Waals surface area contributed by atoms with Gasteiger partial charge in [-0.15, -0.1) is 0 Å². The van der Waals surface area contributed by atoms with Crippen molar-refractivity contribution in [3.63, 3.8) is 0 Å². The highest BCUT2D eigenvalue weighted by atomic mass is 31.2. The summed E-state index contributed by atoms with van der Waals surface area (Å²) in [5.74, 6) is -0.896. The van der Waals surface area contributed by atoms with E-state index in [0.29, 0.717) is 23.9 Å². The Kier molecular flexibility index (Phi) is 58.6. The summed E-state index contributed by atoms with van der Waals surface area (Å²) in [6, 6.07) is 0. The van der Waals surface area contributed by atoms with Gasteiger partial charge in [0.15, 0.2) is 6.10 Å². The molecular formula is C74H116NO8P. The van der Waals surface area contributed by atoms with E-state index in [0.717, 1.165) is 167 Å². The van der Waals surface area contributed by atoms with Crippen LogP contribution in [0.15, 0.2) is 194 Å². The average Bonchev–Trinajstić information content (AvgIpc) is 3.61. The Labute approximate surface area is 513 Å². The summed E-state index contributed by atoms with van der Waals surface area (Å²) in [7, 11) is 1.11. The highest BCUT2D eigenvalue weighted by Gasteiger charge is 2.22. The molecule has 0 aliphatic rings. The van der Waals surface area contributed by atoms with Crippen molar-refractivity contribution in [2.75, 3.05) is 47.5 Å². The SMILES string of the molecule is CC/C=C\C/C=C\C/C=C\C/C=C\C/C=C\C/C=C\C/C=C\C/C=C\C/C=C\CCCCCCCC(=O)OC(COC(=O)CCCCCCC/C=C\C/C=C\C/C=C\C/C=C\C/C=C\C/C=C\C/C=C\CC)COP(=O)([O-])OCC[N+](C)(C)C. The van der Waals surface area contributed by atoms with Crippen LogP contribution in [0.5, 0.6) is 0 Å². The lowest BCUT2D eigenvalue weighted by molar-refractivity contribution is -0.870. The van der Waals surface area contributed by atoms with E-state index in [9.17, 15) is 19.0 Å². The van der Waals surface area contributed by atoms with Gasteiger partial charge < -0.3 is 27.9 Å². The standard InChI is InChI=1S/C74H116NO8P/c1-6-8-10-12-14-16-18-20-22-24-26-28-30-32-34-35-36-37-38-39-41-43-45-47-49-51-53-55-57-59-61-63-65-67-74(77)83-72(71-82-84(78,79)81-69-68-75(3,4)5)70-80-73(76)66-64-62-60-58-56-54-52-50-48-46-44-42-40-33-31-29-27-25-23-21-19-17-15-13-11-9-7-2/h8-11,14-17,20-23,26-29,32-34,36-37,39-41,44-47,50-53,72H,6-7,12-13,18-19,24-25,30-31,35,38,42-43,48-49,54-71H2,1-5H3/b10-8-,11-9-,16-14-,17-15-,22-20-,23-21-,28-26-,29-27-,34-32-,37-36-,40-33-,41-39-,46-44-,47-45-,52-50-,53-51-. The van der Waals surface area contributed by atoms with Crippen LogP contribution >= 0.6 is 7.82 Å². The number of likely N-dealkylation sites (N-methyl/N-ethyl adjacent to an activating group) is 1. The molecule has 0 aromatic rings. The molecule has 0 aliphatic heterocycles. The third-order valence-electron chi connectivity index (χ3n) is 12.6. The Morgan fingerprint density at radius 2 is 0.643 bits per heavy atom. The van der Waals surface area contributed by atoms with Crippen LogP contribution in [0.1, 0.15) is 206 Å². The van der Waals surface area contributed by atoms with Crippen molar-refractivity contribution in [3.05, 3.63) is 194 Å². The summed E-state index contributed by atoms with van der Waals surface area (Å²) in [6.45, 7) is 3.93. The van der Waals surface area contributed by atoms with E-state index >= 15 is 0 Å². The van der Waals surface area contributed by atoms with Gasteiger partial charge in [-0.3, -0.25) is 14.2 Å². The molecule has 2 unspecified atom stereocenters. The molecule has 0 radical (unpaired) electrons. The second kappa shape index (κ2) is 62.4. The lowest BCUT2D eigenvalue weighted by Gasteiger charge is -2.28. The van der Waals surface area contributed by atoms with Gasteiger partial charge in [-0.1, -0.05) is 247 Å². The molecule has 0 saturated carbocycles. The number of quaternary nitrogens is 1. The molecule has 0 heterocycles. The van der Waals surface area contributed by atoms with Gasteiger partial charge in [0.25, 0.3) is 7.82 Å². The van der Waals surface area contributed by atoms with Crippen molar-refractivity contribution in [3.8, 4) is 0 Å². The number of carbonyl (C=O) groups excluding carboxylic acids is 2. The minimum atomic E-state index is -4.67. The normalized spacial score (nSPS) is 14.5. The number of hydrogen-bond donors (Lipinski definition) is 0. The van der Waals surface area contributed by atoms with Gasteiger partial charge in [0, 0.05) is 12.8 Å². The van der Waals surface area contributed by atoms with Gasteiger partial charge in [0.05, 0.1) is 27.7 Å². The highest BCUT2D eigenvalue weighted by molar-refractivity contribution is 7.45. The molecule has 0 aromatic carbocycles. The van der Waals surface area contributed by atoms with Crippen LogP contribution in [-0.2, 0) is 32.7 Å². The lowest BCUT2D eigenvalue weighted by Crippen LogP contribution is -2.37. The van der Waals surface area contributed by atoms with Crippen LogP contribution in [-0.4, -0.2) is 70.0 Å². The third-order valence-corrected chi connectivity index (χ3v) is 13.6. The average molecular weight is 1180 g/mol. The first-order chi connectivity index (χ1) is 41.0. The van der Waals surface area contributed by atoms with E-state index in [-0.39, 0.29) is 26.1 Å². The minimum Gasteiger partial charge on any atom is -0.756 e. The highest BCUT2D eigenvalue weighted by Crippen LogP contribution is 2.38. The number of phosphoric ester groups is 1. The maximum absolute atomic E-state index is 12.8. The quantitative estimate of drug-likeness (QED) is 0.0195. The molecule has 0 aromatic heterocycles. The molecule has 10 heteroatoms. The number of carbonyl (C=O) groups is 2. The maximum atomic E-state index is 12.8. The number of nitrogens with zero attached hydrogens (tertiary/aromatic N) is 1. The molecular weight excluding hydrogens is 1060 g/mol. The van der Waals surface area contributed by atoms with Gasteiger partial charge in [-0.05, 0) is 141 Å². The summed E-state index contributed by atoms with van der Waals surface area (Å²) in [4.78, 5) is 38.0. The number of unbranched alkanes of at least 4 members (excludes halogenated alkanes) is 10. The molecule has 84 heavy (non-hydrogen) atoms. The summed E-state index contributed by atoms with van der Waals surface area (Å²) in [5.41, 5.74) is 0. The largest absolute Gasteiger partial charge is 0.756 e. The monoisotopic (exact) mass is 1180 g/mol. The lowest BCUT2D eigenvalue weighted by atomic mass is 10.1. The molecule has 0 bridgehead atoms. The molecule has 9 nitrogen and oxygen atoms in total. The Hall–Kier alpha value is -5.15. The molecule has 0 spiro atoms. The number of esters is 2.